The van der Waals surface area contributed by atoms with Crippen LogP contribution in [0.5, 0.6) is 0 Å². The van der Waals surface area contributed by atoms with E-state index in [9.17, 15) is 9.59 Å². The Kier molecular flexibility index (Phi) is 5.10. The number of carbonyl (C=O) groups excluding carboxylic acids is 1. The highest BCUT2D eigenvalue weighted by atomic mass is 16.4. The Labute approximate surface area is 105 Å². The standard InChI is InChI=1S/C12H17N3O3/c1-2-9-6-8(12(17)18)7-11(15-9)14-5-3-4-10(13)16/h6-7H,2-5H2,1H3,(H2,13,16)(H,14,15)(H,17,18). The Balaban J connectivity index is 2.66. The fourth-order valence-electron chi connectivity index (χ4n) is 1.46. The van der Waals surface area contributed by atoms with Gasteiger partial charge in [0.2, 0.25) is 5.91 Å². The predicted molar refractivity (Wildman–Crippen MR) is 67.5 cm³/mol. The second-order valence-electron chi connectivity index (χ2n) is 3.89. The number of nitrogens with one attached hydrogen (secondary N) is 1. The first-order chi connectivity index (χ1) is 8.52. The first kappa shape index (κ1) is 14.0. The molecule has 0 aliphatic rings. The predicted octanol–water partition coefficient (Wildman–Crippen LogP) is 1.02. The average Bonchev–Trinajstić information content (AvgIpc) is 2.34. The van der Waals surface area contributed by atoms with Gasteiger partial charge in [0.15, 0.2) is 0 Å². The quantitative estimate of drug-likeness (QED) is 0.627. The summed E-state index contributed by atoms with van der Waals surface area (Å²) in [6, 6.07) is 3.03. The van der Waals surface area contributed by atoms with Crippen LogP contribution in [-0.2, 0) is 11.2 Å². The molecule has 0 radical (unpaired) electrons. The van der Waals surface area contributed by atoms with Crippen molar-refractivity contribution in [3.05, 3.63) is 23.4 Å². The van der Waals surface area contributed by atoms with Gasteiger partial charge in [0, 0.05) is 18.7 Å². The van der Waals surface area contributed by atoms with Crippen molar-refractivity contribution in [1.29, 1.82) is 0 Å². The summed E-state index contributed by atoms with van der Waals surface area (Å²) >= 11 is 0. The van der Waals surface area contributed by atoms with Crippen LogP contribution in [0.3, 0.4) is 0 Å². The lowest BCUT2D eigenvalue weighted by molar-refractivity contribution is -0.118. The maximum Gasteiger partial charge on any atom is 0.335 e. The fraction of sp³-hybridized carbons (Fsp3) is 0.417. The Hall–Kier alpha value is -2.11. The molecule has 0 saturated heterocycles. The average molecular weight is 251 g/mol. The van der Waals surface area contributed by atoms with Gasteiger partial charge in [0.1, 0.15) is 5.82 Å². The molecule has 1 aromatic rings. The summed E-state index contributed by atoms with van der Waals surface area (Å²) < 4.78 is 0. The number of hydrogen-bond acceptors (Lipinski definition) is 4. The number of anilines is 1. The van der Waals surface area contributed by atoms with E-state index in [1.807, 2.05) is 6.92 Å². The number of aromatic carboxylic acids is 1. The molecule has 0 aliphatic heterocycles. The highest BCUT2D eigenvalue weighted by molar-refractivity contribution is 5.88. The van der Waals surface area contributed by atoms with Crippen molar-refractivity contribution in [3.8, 4) is 0 Å². The first-order valence-corrected chi connectivity index (χ1v) is 5.79. The zero-order valence-electron chi connectivity index (χ0n) is 10.3. The highest BCUT2D eigenvalue weighted by Crippen LogP contribution is 2.11. The van der Waals surface area contributed by atoms with Gasteiger partial charge in [-0.2, -0.15) is 0 Å². The second-order valence-corrected chi connectivity index (χ2v) is 3.89. The molecule has 1 heterocycles. The van der Waals surface area contributed by atoms with Gasteiger partial charge in [-0.3, -0.25) is 4.79 Å². The number of carboxylic acids is 1. The van der Waals surface area contributed by atoms with E-state index < -0.39 is 5.97 Å². The van der Waals surface area contributed by atoms with Gasteiger partial charge in [-0.15, -0.1) is 0 Å². The minimum atomic E-state index is -0.979. The summed E-state index contributed by atoms with van der Waals surface area (Å²) in [5, 5.41) is 11.9. The van der Waals surface area contributed by atoms with Crippen molar-refractivity contribution >= 4 is 17.7 Å². The van der Waals surface area contributed by atoms with Gasteiger partial charge < -0.3 is 16.2 Å². The second kappa shape index (κ2) is 6.58. The van der Waals surface area contributed by atoms with Gasteiger partial charge in [-0.25, -0.2) is 9.78 Å². The van der Waals surface area contributed by atoms with E-state index in [-0.39, 0.29) is 11.5 Å². The number of carbonyl (C=O) groups is 2. The number of rotatable bonds is 7. The normalized spacial score (nSPS) is 10.1. The lowest BCUT2D eigenvalue weighted by Crippen LogP contribution is -2.13. The third-order valence-electron chi connectivity index (χ3n) is 2.39. The number of nitrogens with zero attached hydrogens (tertiary/aromatic N) is 1. The van der Waals surface area contributed by atoms with Crippen LogP contribution in [0.1, 0.15) is 35.8 Å². The highest BCUT2D eigenvalue weighted by Gasteiger charge is 2.07. The maximum absolute atomic E-state index is 10.9. The molecule has 0 aromatic carbocycles. The third kappa shape index (κ3) is 4.40. The smallest absolute Gasteiger partial charge is 0.335 e. The number of carboxylic acid groups (broad SMARTS) is 1. The SMILES string of the molecule is CCc1cc(C(=O)O)cc(NCCCC(N)=O)n1. The summed E-state index contributed by atoms with van der Waals surface area (Å²) in [6.07, 6.45) is 1.55. The van der Waals surface area contributed by atoms with Crippen molar-refractivity contribution in [1.82, 2.24) is 4.98 Å². The number of aromatic nitrogens is 1. The van der Waals surface area contributed by atoms with Crippen LogP contribution in [0.4, 0.5) is 5.82 Å². The Morgan fingerprint density at radius 1 is 1.44 bits per heavy atom. The lowest BCUT2D eigenvalue weighted by Gasteiger charge is -2.08. The van der Waals surface area contributed by atoms with Crippen LogP contribution in [-0.4, -0.2) is 28.5 Å². The summed E-state index contributed by atoms with van der Waals surface area (Å²) in [7, 11) is 0. The number of hydrogen-bond donors (Lipinski definition) is 3. The maximum atomic E-state index is 10.9. The van der Waals surface area contributed by atoms with Gasteiger partial charge in [0.25, 0.3) is 0 Å². The van der Waals surface area contributed by atoms with Crippen LogP contribution < -0.4 is 11.1 Å². The molecule has 0 atom stereocenters. The summed E-state index contributed by atoms with van der Waals surface area (Å²) in [5.74, 6) is -0.818. The van der Waals surface area contributed by atoms with Crippen LogP contribution in [0.15, 0.2) is 12.1 Å². The number of amides is 1. The van der Waals surface area contributed by atoms with Gasteiger partial charge in [-0.05, 0) is 25.0 Å². The van der Waals surface area contributed by atoms with Crippen LogP contribution in [0.2, 0.25) is 0 Å². The Bertz CT molecular complexity index is 446. The lowest BCUT2D eigenvalue weighted by atomic mass is 10.2. The molecular formula is C12H17N3O3. The minimum Gasteiger partial charge on any atom is -0.478 e. The van der Waals surface area contributed by atoms with Crippen molar-refractivity contribution in [2.24, 2.45) is 5.73 Å². The summed E-state index contributed by atoms with van der Waals surface area (Å²) in [4.78, 5) is 25.7. The van der Waals surface area contributed by atoms with Crippen molar-refractivity contribution in [2.45, 2.75) is 26.2 Å². The Morgan fingerprint density at radius 2 is 2.17 bits per heavy atom. The molecule has 0 bridgehead atoms. The molecule has 18 heavy (non-hydrogen) atoms. The number of primary amides is 1. The van der Waals surface area contributed by atoms with Crippen LogP contribution in [0, 0.1) is 0 Å². The zero-order chi connectivity index (χ0) is 13.5. The van der Waals surface area contributed by atoms with Crippen LogP contribution in [0.25, 0.3) is 0 Å². The Morgan fingerprint density at radius 3 is 2.72 bits per heavy atom. The summed E-state index contributed by atoms with van der Waals surface area (Å²) in [5.41, 5.74) is 5.94. The molecule has 0 spiro atoms. The van der Waals surface area contributed by atoms with Gasteiger partial charge in [0.05, 0.1) is 5.56 Å². The fourth-order valence-corrected chi connectivity index (χ4v) is 1.46. The molecule has 0 unspecified atom stereocenters. The molecule has 0 saturated carbocycles. The van der Waals surface area contributed by atoms with Crippen LogP contribution >= 0.6 is 0 Å². The number of pyridine rings is 1. The first-order valence-electron chi connectivity index (χ1n) is 5.79. The molecular weight excluding hydrogens is 234 g/mol. The molecule has 1 aromatic heterocycles. The largest absolute Gasteiger partial charge is 0.478 e. The van der Waals surface area contributed by atoms with Crippen molar-refractivity contribution < 1.29 is 14.7 Å². The zero-order valence-corrected chi connectivity index (χ0v) is 10.3. The van der Waals surface area contributed by atoms with Crippen molar-refractivity contribution in [2.75, 3.05) is 11.9 Å². The van der Waals surface area contributed by atoms with E-state index in [0.717, 1.165) is 0 Å². The molecule has 4 N–H and O–H groups in total. The van der Waals surface area contributed by atoms with E-state index in [0.29, 0.717) is 37.3 Å². The molecule has 6 heteroatoms. The molecule has 6 nitrogen and oxygen atoms in total. The minimum absolute atomic E-state index is 0.208. The molecule has 0 fully saturated rings. The van der Waals surface area contributed by atoms with E-state index in [1.54, 1.807) is 6.07 Å². The molecule has 1 rings (SSSR count). The van der Waals surface area contributed by atoms with Gasteiger partial charge in [-0.1, -0.05) is 6.92 Å². The molecule has 1 amide bonds. The van der Waals surface area contributed by atoms with Crippen molar-refractivity contribution in [3.63, 3.8) is 0 Å². The summed E-state index contributed by atoms with van der Waals surface area (Å²) in [6.45, 7) is 2.44. The van der Waals surface area contributed by atoms with Gasteiger partial charge >= 0.3 is 5.97 Å². The third-order valence-corrected chi connectivity index (χ3v) is 2.39. The van der Waals surface area contributed by atoms with E-state index in [4.69, 9.17) is 10.8 Å². The number of aryl methyl sites for hydroxylation is 1. The van der Waals surface area contributed by atoms with E-state index in [1.165, 1.54) is 6.07 Å². The number of nitrogens with two attached hydrogens (primary N) is 1. The topological polar surface area (TPSA) is 105 Å². The monoisotopic (exact) mass is 251 g/mol. The van der Waals surface area contributed by atoms with E-state index in [2.05, 4.69) is 10.3 Å². The van der Waals surface area contributed by atoms with E-state index >= 15 is 0 Å². The molecule has 98 valence electrons. The molecule has 0 aliphatic carbocycles.